The van der Waals surface area contributed by atoms with Gasteiger partial charge >= 0.3 is 0 Å². The zero-order chi connectivity index (χ0) is 15.6. The second-order valence-corrected chi connectivity index (χ2v) is 6.33. The minimum Gasteiger partial charge on any atom is -0.279 e. The molecule has 3 aromatic rings. The predicted octanol–water partition coefficient (Wildman–Crippen LogP) is 2.94. The van der Waals surface area contributed by atoms with Crippen LogP contribution in [0.4, 0.5) is 11.5 Å². The highest BCUT2D eigenvalue weighted by Crippen LogP contribution is 2.41. The van der Waals surface area contributed by atoms with Crippen molar-refractivity contribution in [3.63, 3.8) is 0 Å². The van der Waals surface area contributed by atoms with Crippen molar-refractivity contribution in [3.05, 3.63) is 52.8 Å². The minimum absolute atomic E-state index is 0.737. The van der Waals surface area contributed by atoms with Gasteiger partial charge in [0.05, 0.1) is 12.2 Å². The number of hydrogen-bond donors (Lipinski definition) is 0. The number of pyridine rings is 1. The van der Waals surface area contributed by atoms with Crippen LogP contribution in [0.3, 0.4) is 0 Å². The molecule has 2 aromatic heterocycles. The van der Waals surface area contributed by atoms with E-state index in [0.717, 1.165) is 36.5 Å². The van der Waals surface area contributed by atoms with Gasteiger partial charge in [-0.3, -0.25) is 15.0 Å². The number of hydrazine groups is 1. The normalized spacial score (nSPS) is 15.6. The fraction of sp³-hybridized carbons (Fsp3) is 0.278. The molecule has 1 aromatic carbocycles. The maximum atomic E-state index is 4.81. The van der Waals surface area contributed by atoms with Gasteiger partial charge < -0.3 is 0 Å². The Hall–Kier alpha value is -2.69. The standard InChI is InChI=1S/C18H17N5/c1-11-3-4-13-5-8-22-18-14(10-23(22)15(13)9-11)12(2)16-17(21-18)20-7-6-19-16/h3-4,6-7,9H,5,8,10H2,1-2H3. The molecule has 0 aliphatic carbocycles. The molecule has 23 heavy (non-hydrogen) atoms. The van der Waals surface area contributed by atoms with Crippen LogP contribution in [-0.4, -0.2) is 21.5 Å². The molecule has 0 fully saturated rings. The molecule has 0 N–H and O–H groups in total. The van der Waals surface area contributed by atoms with Crippen molar-refractivity contribution in [2.45, 2.75) is 26.8 Å². The molecule has 0 radical (unpaired) electrons. The van der Waals surface area contributed by atoms with Gasteiger partial charge in [-0.15, -0.1) is 0 Å². The third kappa shape index (κ3) is 1.70. The lowest BCUT2D eigenvalue weighted by molar-refractivity contribution is 0.706. The number of benzene rings is 1. The van der Waals surface area contributed by atoms with Crippen molar-refractivity contribution in [1.29, 1.82) is 0 Å². The van der Waals surface area contributed by atoms with E-state index in [9.17, 15) is 0 Å². The van der Waals surface area contributed by atoms with Gasteiger partial charge in [0.2, 0.25) is 0 Å². The van der Waals surface area contributed by atoms with Gasteiger partial charge in [-0.05, 0) is 43.0 Å². The Kier molecular flexibility index (Phi) is 2.46. The van der Waals surface area contributed by atoms with Crippen molar-refractivity contribution >= 4 is 22.7 Å². The maximum Gasteiger partial charge on any atom is 0.180 e. The van der Waals surface area contributed by atoms with Crippen molar-refractivity contribution in [3.8, 4) is 0 Å². The van der Waals surface area contributed by atoms with Crippen molar-refractivity contribution < 1.29 is 0 Å². The summed E-state index contributed by atoms with van der Waals surface area (Å²) >= 11 is 0. The molecule has 2 aliphatic rings. The number of aromatic nitrogens is 3. The highest BCUT2D eigenvalue weighted by Gasteiger charge is 2.35. The molecule has 4 heterocycles. The summed E-state index contributed by atoms with van der Waals surface area (Å²) in [7, 11) is 0. The van der Waals surface area contributed by atoms with E-state index >= 15 is 0 Å². The molecule has 114 valence electrons. The highest BCUT2D eigenvalue weighted by atomic mass is 15.7. The van der Waals surface area contributed by atoms with Crippen LogP contribution in [0, 0.1) is 13.8 Å². The van der Waals surface area contributed by atoms with Gasteiger partial charge in [0, 0.05) is 24.5 Å². The topological polar surface area (TPSA) is 45.2 Å². The average molecular weight is 303 g/mol. The van der Waals surface area contributed by atoms with E-state index < -0.39 is 0 Å². The molecule has 5 heteroatoms. The Bertz CT molecular complexity index is 950. The molecular formula is C18H17N5. The Morgan fingerprint density at radius 2 is 1.91 bits per heavy atom. The molecule has 0 spiro atoms. The van der Waals surface area contributed by atoms with Crippen LogP contribution >= 0.6 is 0 Å². The lowest BCUT2D eigenvalue weighted by atomic mass is 10.0. The molecule has 0 atom stereocenters. The molecule has 0 amide bonds. The van der Waals surface area contributed by atoms with Crippen molar-refractivity contribution in [2.75, 3.05) is 16.6 Å². The number of nitrogens with zero attached hydrogens (tertiary/aromatic N) is 5. The monoisotopic (exact) mass is 303 g/mol. The minimum atomic E-state index is 0.737. The van der Waals surface area contributed by atoms with Crippen LogP contribution in [0.5, 0.6) is 0 Å². The molecule has 5 rings (SSSR count). The third-order valence-electron chi connectivity index (χ3n) is 4.92. The number of fused-ring (bicyclic) bond motifs is 6. The van der Waals surface area contributed by atoms with E-state index in [2.05, 4.69) is 52.0 Å². The van der Waals surface area contributed by atoms with E-state index in [4.69, 9.17) is 4.98 Å². The summed E-state index contributed by atoms with van der Waals surface area (Å²) in [6, 6.07) is 6.73. The van der Waals surface area contributed by atoms with Crippen LogP contribution in [0.15, 0.2) is 30.6 Å². The van der Waals surface area contributed by atoms with Crippen LogP contribution in [0.25, 0.3) is 11.2 Å². The first-order chi connectivity index (χ1) is 11.2. The van der Waals surface area contributed by atoms with Gasteiger partial charge in [-0.2, -0.15) is 0 Å². The van der Waals surface area contributed by atoms with E-state index in [1.807, 2.05) is 0 Å². The number of aryl methyl sites for hydroxylation is 2. The summed E-state index contributed by atoms with van der Waals surface area (Å²) in [5.74, 6) is 1.04. The van der Waals surface area contributed by atoms with Crippen molar-refractivity contribution in [1.82, 2.24) is 15.0 Å². The van der Waals surface area contributed by atoms with Crippen LogP contribution < -0.4 is 10.0 Å². The molecule has 0 saturated heterocycles. The number of hydrogen-bond acceptors (Lipinski definition) is 5. The Morgan fingerprint density at radius 1 is 1.04 bits per heavy atom. The van der Waals surface area contributed by atoms with E-state index in [1.165, 1.54) is 27.9 Å². The zero-order valence-corrected chi connectivity index (χ0v) is 13.2. The van der Waals surface area contributed by atoms with E-state index in [1.54, 1.807) is 12.4 Å². The molecule has 0 bridgehead atoms. The summed E-state index contributed by atoms with van der Waals surface area (Å²) < 4.78 is 0. The summed E-state index contributed by atoms with van der Waals surface area (Å²) in [4.78, 5) is 13.7. The first-order valence-electron chi connectivity index (χ1n) is 7.97. The second-order valence-electron chi connectivity index (χ2n) is 6.33. The van der Waals surface area contributed by atoms with E-state index in [-0.39, 0.29) is 0 Å². The summed E-state index contributed by atoms with van der Waals surface area (Å²) in [5, 5.41) is 4.66. The van der Waals surface area contributed by atoms with Crippen LogP contribution in [-0.2, 0) is 13.0 Å². The number of anilines is 2. The molecular weight excluding hydrogens is 286 g/mol. The van der Waals surface area contributed by atoms with Gasteiger partial charge in [-0.25, -0.2) is 9.97 Å². The highest BCUT2D eigenvalue weighted by molar-refractivity contribution is 5.82. The summed E-state index contributed by atoms with van der Waals surface area (Å²) in [6.07, 6.45) is 4.50. The summed E-state index contributed by atoms with van der Waals surface area (Å²) in [5.41, 5.74) is 8.13. The smallest absolute Gasteiger partial charge is 0.180 e. The fourth-order valence-electron chi connectivity index (χ4n) is 3.70. The lowest BCUT2D eigenvalue weighted by Gasteiger charge is -2.37. The first-order valence-corrected chi connectivity index (χ1v) is 7.97. The zero-order valence-electron chi connectivity index (χ0n) is 13.2. The van der Waals surface area contributed by atoms with Gasteiger partial charge in [0.25, 0.3) is 0 Å². The van der Waals surface area contributed by atoms with Crippen LogP contribution in [0.2, 0.25) is 0 Å². The van der Waals surface area contributed by atoms with Gasteiger partial charge in [0.15, 0.2) is 11.5 Å². The second kappa shape index (κ2) is 4.41. The Balaban J connectivity index is 1.72. The first kappa shape index (κ1) is 12.8. The number of rotatable bonds is 0. The summed E-state index contributed by atoms with van der Waals surface area (Å²) in [6.45, 7) is 6.10. The quantitative estimate of drug-likeness (QED) is 0.639. The Labute approximate surface area is 134 Å². The molecule has 2 aliphatic heterocycles. The molecule has 0 saturated carbocycles. The third-order valence-corrected chi connectivity index (χ3v) is 4.92. The van der Waals surface area contributed by atoms with Crippen molar-refractivity contribution in [2.24, 2.45) is 0 Å². The SMILES string of the molecule is Cc1ccc2c(c1)N1Cc3c(nc4nccnc4c3C)N1CC2. The van der Waals surface area contributed by atoms with Crippen LogP contribution in [0.1, 0.15) is 22.3 Å². The maximum absolute atomic E-state index is 4.81. The van der Waals surface area contributed by atoms with Gasteiger partial charge in [-0.1, -0.05) is 12.1 Å². The molecule has 0 unspecified atom stereocenters. The van der Waals surface area contributed by atoms with E-state index in [0.29, 0.717) is 0 Å². The van der Waals surface area contributed by atoms with Gasteiger partial charge in [0.1, 0.15) is 5.52 Å². The predicted molar refractivity (Wildman–Crippen MR) is 90.5 cm³/mol. The lowest BCUT2D eigenvalue weighted by Crippen LogP contribution is -2.43. The average Bonchev–Trinajstić information content (AvgIpc) is 2.95. The molecule has 5 nitrogen and oxygen atoms in total. The Morgan fingerprint density at radius 3 is 2.83 bits per heavy atom. The largest absolute Gasteiger partial charge is 0.279 e. The fourth-order valence-corrected chi connectivity index (χ4v) is 3.70.